The van der Waals surface area contributed by atoms with E-state index in [1.165, 1.54) is 17.0 Å². The molecule has 0 spiro atoms. The highest BCUT2D eigenvalue weighted by molar-refractivity contribution is 5.66. The summed E-state index contributed by atoms with van der Waals surface area (Å²) in [6.45, 7) is 6.30. The van der Waals surface area contributed by atoms with E-state index in [9.17, 15) is 14.3 Å². The monoisotopic (exact) mass is 332 g/mol. The molecule has 24 heavy (non-hydrogen) atoms. The van der Waals surface area contributed by atoms with Crippen LogP contribution in [-0.4, -0.2) is 42.4 Å². The Morgan fingerprint density at radius 3 is 2.58 bits per heavy atom. The summed E-state index contributed by atoms with van der Waals surface area (Å²) in [5, 5.41) is 14.0. The van der Waals surface area contributed by atoms with Gasteiger partial charge in [-0.05, 0) is 51.5 Å². The molecule has 1 aliphatic heterocycles. The van der Waals surface area contributed by atoms with E-state index in [0.29, 0.717) is 25.2 Å². The van der Waals surface area contributed by atoms with Crippen molar-refractivity contribution in [3.8, 4) is 11.4 Å². The van der Waals surface area contributed by atoms with Gasteiger partial charge in [0.15, 0.2) is 5.82 Å². The van der Waals surface area contributed by atoms with Crippen LogP contribution in [0.25, 0.3) is 11.4 Å². The van der Waals surface area contributed by atoms with Crippen molar-refractivity contribution in [2.45, 2.75) is 51.7 Å². The lowest BCUT2D eigenvalue weighted by Crippen LogP contribution is -2.53. The van der Waals surface area contributed by atoms with Crippen molar-refractivity contribution in [2.75, 3.05) is 0 Å². The van der Waals surface area contributed by atoms with Gasteiger partial charge in [0.2, 0.25) is 0 Å². The molecule has 6 nitrogen and oxygen atoms in total. The summed E-state index contributed by atoms with van der Waals surface area (Å²) in [6.07, 6.45) is 0.305. The Balaban J connectivity index is 1.86. The molecule has 0 bridgehead atoms. The van der Waals surface area contributed by atoms with E-state index in [4.69, 9.17) is 0 Å². The van der Waals surface area contributed by atoms with Crippen LogP contribution < -0.4 is 0 Å². The van der Waals surface area contributed by atoms with E-state index < -0.39 is 11.6 Å². The molecule has 0 saturated heterocycles. The topological polar surface area (TPSA) is 71.2 Å². The molecule has 1 aliphatic rings. The molecular weight excluding hydrogens is 311 g/mol. The fraction of sp³-hybridized carbons (Fsp3) is 0.471. The normalized spacial score (nSPS) is 17.4. The Morgan fingerprint density at radius 2 is 2.00 bits per heavy atom. The first-order valence-electron chi connectivity index (χ1n) is 7.97. The van der Waals surface area contributed by atoms with Crippen LogP contribution in [-0.2, 0) is 13.0 Å². The smallest absolute Gasteiger partial charge is 0.407 e. The van der Waals surface area contributed by atoms with Gasteiger partial charge in [0, 0.05) is 30.1 Å². The van der Waals surface area contributed by atoms with Crippen molar-refractivity contribution in [1.29, 1.82) is 0 Å². The maximum Gasteiger partial charge on any atom is 0.407 e. The summed E-state index contributed by atoms with van der Waals surface area (Å²) in [5.41, 5.74) is 0.277. The molecule has 2 heterocycles. The zero-order valence-electron chi connectivity index (χ0n) is 14.0. The van der Waals surface area contributed by atoms with E-state index >= 15 is 0 Å². The molecule has 1 unspecified atom stereocenters. The van der Waals surface area contributed by atoms with Crippen LogP contribution in [0.3, 0.4) is 0 Å². The first-order chi connectivity index (χ1) is 11.3. The largest absolute Gasteiger partial charge is 0.465 e. The summed E-state index contributed by atoms with van der Waals surface area (Å²) < 4.78 is 14.9. The molecule has 1 atom stereocenters. The second kappa shape index (κ2) is 5.89. The van der Waals surface area contributed by atoms with Gasteiger partial charge < -0.3 is 10.0 Å². The average molecular weight is 332 g/mol. The summed E-state index contributed by atoms with van der Waals surface area (Å²) in [4.78, 5) is 17.7. The van der Waals surface area contributed by atoms with Crippen molar-refractivity contribution in [1.82, 2.24) is 19.7 Å². The lowest BCUT2D eigenvalue weighted by molar-refractivity contribution is 0.0599. The van der Waals surface area contributed by atoms with E-state index in [1.54, 1.807) is 12.1 Å². The van der Waals surface area contributed by atoms with Crippen molar-refractivity contribution < 1.29 is 14.3 Å². The highest BCUT2D eigenvalue weighted by Gasteiger charge is 2.36. The predicted octanol–water partition coefficient (Wildman–Crippen LogP) is 3.18. The van der Waals surface area contributed by atoms with Crippen LogP contribution in [0.4, 0.5) is 9.18 Å². The van der Waals surface area contributed by atoms with Gasteiger partial charge >= 0.3 is 6.09 Å². The van der Waals surface area contributed by atoms with Gasteiger partial charge in [-0.1, -0.05) is 0 Å². The first-order valence-corrected chi connectivity index (χ1v) is 7.97. The molecule has 0 fully saturated rings. The highest BCUT2D eigenvalue weighted by atomic mass is 19.1. The van der Waals surface area contributed by atoms with Gasteiger partial charge in [0.05, 0.1) is 0 Å². The molecule has 128 valence electrons. The van der Waals surface area contributed by atoms with E-state index in [1.807, 2.05) is 25.5 Å². The number of carbonyl (C=O) groups is 1. The van der Waals surface area contributed by atoms with Crippen molar-refractivity contribution in [3.63, 3.8) is 0 Å². The Kier molecular flexibility index (Phi) is 4.03. The maximum atomic E-state index is 13.0. The molecular formula is C17H21FN4O2. The lowest BCUT2D eigenvalue weighted by atomic mass is 9.98. The zero-order chi connectivity index (χ0) is 17.5. The highest BCUT2D eigenvalue weighted by Crippen LogP contribution is 2.26. The summed E-state index contributed by atoms with van der Waals surface area (Å²) in [5.74, 6) is 1.01. The van der Waals surface area contributed by atoms with Gasteiger partial charge in [0.25, 0.3) is 0 Å². The Labute approximate surface area is 139 Å². The number of rotatable bonds is 2. The number of aryl methyl sites for hydroxylation is 1. The third-order valence-corrected chi connectivity index (χ3v) is 4.24. The fourth-order valence-corrected chi connectivity index (χ4v) is 3.22. The SMILES string of the molecule is CC(C)(C)N(C(=O)O)C1CCn2nc(-c3ccc(F)cc3)nc2C1. The Morgan fingerprint density at radius 1 is 1.33 bits per heavy atom. The number of hydrogen-bond donors (Lipinski definition) is 1. The van der Waals surface area contributed by atoms with Crippen LogP contribution >= 0.6 is 0 Å². The molecule has 1 N–H and O–H groups in total. The van der Waals surface area contributed by atoms with Crippen LogP contribution in [0.2, 0.25) is 0 Å². The predicted molar refractivity (Wildman–Crippen MR) is 87.1 cm³/mol. The number of halogens is 1. The van der Waals surface area contributed by atoms with Crippen molar-refractivity contribution in [2.24, 2.45) is 0 Å². The molecule has 3 rings (SSSR count). The number of amides is 1. The molecule has 0 radical (unpaired) electrons. The van der Waals surface area contributed by atoms with Crippen LogP contribution in [0, 0.1) is 5.82 Å². The van der Waals surface area contributed by atoms with E-state index in [0.717, 1.165) is 11.4 Å². The van der Waals surface area contributed by atoms with Crippen molar-refractivity contribution >= 4 is 6.09 Å². The van der Waals surface area contributed by atoms with Crippen LogP contribution in [0.1, 0.15) is 33.0 Å². The lowest BCUT2D eigenvalue weighted by Gasteiger charge is -2.41. The second-order valence-electron chi connectivity index (χ2n) is 7.05. The fourth-order valence-electron chi connectivity index (χ4n) is 3.22. The Hall–Kier alpha value is -2.44. The van der Waals surface area contributed by atoms with Gasteiger partial charge in [-0.25, -0.2) is 18.9 Å². The minimum atomic E-state index is -0.917. The number of nitrogens with zero attached hydrogens (tertiary/aromatic N) is 4. The molecule has 0 saturated carbocycles. The third kappa shape index (κ3) is 3.11. The number of fused-ring (bicyclic) bond motifs is 1. The van der Waals surface area contributed by atoms with E-state index in [-0.39, 0.29) is 11.9 Å². The van der Waals surface area contributed by atoms with Gasteiger partial charge in [-0.15, -0.1) is 0 Å². The number of carboxylic acid groups (broad SMARTS) is 1. The van der Waals surface area contributed by atoms with Crippen LogP contribution in [0.5, 0.6) is 0 Å². The average Bonchev–Trinajstić information content (AvgIpc) is 2.89. The molecule has 1 aromatic carbocycles. The minimum absolute atomic E-state index is 0.125. The Bertz CT molecular complexity index is 749. The number of benzene rings is 1. The quantitative estimate of drug-likeness (QED) is 0.917. The number of aromatic nitrogens is 3. The van der Waals surface area contributed by atoms with Crippen molar-refractivity contribution in [3.05, 3.63) is 35.9 Å². The van der Waals surface area contributed by atoms with Gasteiger partial charge in [-0.2, -0.15) is 5.10 Å². The maximum absolute atomic E-state index is 13.0. The first kappa shape index (κ1) is 16.4. The molecule has 1 amide bonds. The zero-order valence-corrected chi connectivity index (χ0v) is 14.0. The summed E-state index contributed by atoms with van der Waals surface area (Å²) >= 11 is 0. The molecule has 1 aromatic heterocycles. The molecule has 0 aliphatic carbocycles. The van der Waals surface area contributed by atoms with Gasteiger partial charge in [0.1, 0.15) is 11.6 Å². The molecule has 7 heteroatoms. The standard InChI is InChI=1S/C17H21FN4O2/c1-17(2,3)22(16(23)24)13-8-9-21-14(10-13)19-15(20-21)11-4-6-12(18)7-5-11/h4-7,13H,8-10H2,1-3H3,(H,23,24). The number of hydrogen-bond acceptors (Lipinski definition) is 3. The minimum Gasteiger partial charge on any atom is -0.465 e. The third-order valence-electron chi connectivity index (χ3n) is 4.24. The van der Waals surface area contributed by atoms with E-state index in [2.05, 4.69) is 10.1 Å². The molecule has 2 aromatic rings. The van der Waals surface area contributed by atoms with Crippen LogP contribution in [0.15, 0.2) is 24.3 Å². The summed E-state index contributed by atoms with van der Waals surface area (Å²) in [6, 6.07) is 5.92. The van der Waals surface area contributed by atoms with Gasteiger partial charge in [-0.3, -0.25) is 0 Å². The summed E-state index contributed by atoms with van der Waals surface area (Å²) in [7, 11) is 0. The second-order valence-corrected chi connectivity index (χ2v) is 7.05.